The molecule has 0 fully saturated rings. The van der Waals surface area contributed by atoms with Gasteiger partial charge in [-0.15, -0.1) is 0 Å². The van der Waals surface area contributed by atoms with Crippen molar-refractivity contribution in [1.29, 1.82) is 0 Å². The van der Waals surface area contributed by atoms with E-state index in [4.69, 9.17) is 4.42 Å². The number of anilines is 1. The van der Waals surface area contributed by atoms with Crippen LogP contribution in [0.3, 0.4) is 0 Å². The summed E-state index contributed by atoms with van der Waals surface area (Å²) in [6, 6.07) is 17.5. The van der Waals surface area contributed by atoms with E-state index in [1.54, 1.807) is 6.07 Å². The average Bonchev–Trinajstić information content (AvgIpc) is 3.09. The maximum absolute atomic E-state index is 11.8. The van der Waals surface area contributed by atoms with Gasteiger partial charge in [-0.25, -0.2) is 5.10 Å². The summed E-state index contributed by atoms with van der Waals surface area (Å²) >= 11 is 0. The Labute approximate surface area is 150 Å². The summed E-state index contributed by atoms with van der Waals surface area (Å²) in [7, 11) is 0. The SMILES string of the molecule is O=c1[nH]nc(NCCCNCc2cc3ccccc3o2)c2ccccc12. The highest BCUT2D eigenvalue weighted by atomic mass is 16.3. The third-order valence-corrected chi connectivity index (χ3v) is 4.29. The lowest BCUT2D eigenvalue weighted by atomic mass is 10.2. The molecule has 0 unspecified atom stereocenters. The lowest BCUT2D eigenvalue weighted by molar-refractivity contribution is 0.512. The van der Waals surface area contributed by atoms with Crippen LogP contribution in [0.25, 0.3) is 21.7 Å². The first kappa shape index (κ1) is 16.4. The van der Waals surface area contributed by atoms with Gasteiger partial charge in [0.2, 0.25) is 0 Å². The molecule has 0 aliphatic carbocycles. The molecule has 0 aliphatic heterocycles. The van der Waals surface area contributed by atoms with E-state index in [1.165, 1.54) is 0 Å². The number of nitrogens with zero attached hydrogens (tertiary/aromatic N) is 1. The Kier molecular flexibility index (Phi) is 4.66. The van der Waals surface area contributed by atoms with Gasteiger partial charge in [0.1, 0.15) is 11.3 Å². The van der Waals surface area contributed by atoms with Gasteiger partial charge in [-0.3, -0.25) is 4.79 Å². The van der Waals surface area contributed by atoms with Gasteiger partial charge in [-0.1, -0.05) is 36.4 Å². The standard InChI is InChI=1S/C20H20N4O2/c25-20-17-8-3-2-7-16(17)19(23-24-20)22-11-5-10-21-13-15-12-14-6-1-4-9-18(14)26-15/h1-4,6-9,12,21H,5,10-11,13H2,(H,22,23)(H,24,25). The fourth-order valence-corrected chi connectivity index (χ4v) is 3.01. The van der Waals surface area contributed by atoms with E-state index in [2.05, 4.69) is 26.9 Å². The Morgan fingerprint density at radius 1 is 1.00 bits per heavy atom. The largest absolute Gasteiger partial charge is 0.460 e. The highest BCUT2D eigenvalue weighted by molar-refractivity contribution is 5.90. The lowest BCUT2D eigenvalue weighted by Gasteiger charge is -2.08. The average molecular weight is 348 g/mol. The summed E-state index contributed by atoms with van der Waals surface area (Å²) < 4.78 is 5.78. The summed E-state index contributed by atoms with van der Waals surface area (Å²) in [5, 5.41) is 15.9. The van der Waals surface area contributed by atoms with Crippen molar-refractivity contribution >= 4 is 27.6 Å². The minimum absolute atomic E-state index is 0.168. The summed E-state index contributed by atoms with van der Waals surface area (Å²) in [6.07, 6.45) is 0.926. The Morgan fingerprint density at radius 2 is 1.81 bits per heavy atom. The van der Waals surface area contributed by atoms with E-state index in [9.17, 15) is 4.79 Å². The molecule has 0 aliphatic rings. The zero-order chi connectivity index (χ0) is 17.8. The molecule has 0 atom stereocenters. The van der Waals surface area contributed by atoms with Crippen molar-refractivity contribution in [3.05, 3.63) is 70.7 Å². The van der Waals surface area contributed by atoms with Crippen LogP contribution < -0.4 is 16.2 Å². The Balaban J connectivity index is 1.27. The molecule has 4 rings (SSSR count). The zero-order valence-corrected chi connectivity index (χ0v) is 14.3. The molecule has 0 amide bonds. The highest BCUT2D eigenvalue weighted by Crippen LogP contribution is 2.18. The third-order valence-electron chi connectivity index (χ3n) is 4.29. The van der Waals surface area contributed by atoms with Gasteiger partial charge in [-0.2, -0.15) is 5.10 Å². The van der Waals surface area contributed by atoms with Crippen LogP contribution in [0.5, 0.6) is 0 Å². The van der Waals surface area contributed by atoms with Gasteiger partial charge in [0.15, 0.2) is 5.82 Å². The zero-order valence-electron chi connectivity index (χ0n) is 14.3. The van der Waals surface area contributed by atoms with Gasteiger partial charge < -0.3 is 15.1 Å². The number of fused-ring (bicyclic) bond motifs is 2. The second-order valence-corrected chi connectivity index (χ2v) is 6.15. The van der Waals surface area contributed by atoms with E-state index in [0.717, 1.165) is 41.6 Å². The van der Waals surface area contributed by atoms with Crippen LogP contribution in [0.2, 0.25) is 0 Å². The third kappa shape index (κ3) is 3.45. The number of hydrogen-bond donors (Lipinski definition) is 3. The number of para-hydroxylation sites is 1. The van der Waals surface area contributed by atoms with Crippen molar-refractivity contribution in [2.45, 2.75) is 13.0 Å². The van der Waals surface area contributed by atoms with Crippen molar-refractivity contribution in [3.63, 3.8) is 0 Å². The number of rotatable bonds is 7. The molecule has 2 heterocycles. The molecule has 0 spiro atoms. The van der Waals surface area contributed by atoms with Crippen molar-refractivity contribution < 1.29 is 4.42 Å². The number of aromatic amines is 1. The first-order chi connectivity index (χ1) is 12.8. The van der Waals surface area contributed by atoms with E-state index >= 15 is 0 Å². The second kappa shape index (κ2) is 7.41. The number of aromatic nitrogens is 2. The number of nitrogens with one attached hydrogen (secondary N) is 3. The van der Waals surface area contributed by atoms with Gasteiger partial charge >= 0.3 is 0 Å². The monoisotopic (exact) mass is 348 g/mol. The molecule has 0 radical (unpaired) electrons. The van der Waals surface area contributed by atoms with Gasteiger partial charge in [-0.05, 0) is 31.2 Å². The first-order valence-corrected chi connectivity index (χ1v) is 8.71. The Morgan fingerprint density at radius 3 is 2.69 bits per heavy atom. The normalized spacial score (nSPS) is 11.2. The fourth-order valence-electron chi connectivity index (χ4n) is 3.01. The predicted molar refractivity (Wildman–Crippen MR) is 103 cm³/mol. The molecule has 2 aromatic carbocycles. The minimum Gasteiger partial charge on any atom is -0.460 e. The molecule has 132 valence electrons. The smallest absolute Gasteiger partial charge is 0.272 e. The quantitative estimate of drug-likeness (QED) is 0.447. The van der Waals surface area contributed by atoms with Crippen LogP contribution in [-0.4, -0.2) is 23.3 Å². The molecular weight excluding hydrogens is 328 g/mol. The number of benzene rings is 2. The van der Waals surface area contributed by atoms with E-state index in [0.29, 0.717) is 17.7 Å². The van der Waals surface area contributed by atoms with Gasteiger partial charge in [0.25, 0.3) is 5.56 Å². The topological polar surface area (TPSA) is 83.0 Å². The predicted octanol–water partition coefficient (Wildman–Crippen LogP) is 3.26. The Hall–Kier alpha value is -3.12. The molecule has 0 saturated carbocycles. The van der Waals surface area contributed by atoms with Gasteiger partial charge in [0, 0.05) is 17.3 Å². The number of hydrogen-bond acceptors (Lipinski definition) is 5. The molecule has 4 aromatic rings. The summed E-state index contributed by atoms with van der Waals surface area (Å²) in [5.74, 6) is 1.64. The number of H-pyrrole nitrogens is 1. The van der Waals surface area contributed by atoms with Crippen molar-refractivity contribution in [1.82, 2.24) is 15.5 Å². The molecule has 6 heteroatoms. The van der Waals surface area contributed by atoms with Crippen molar-refractivity contribution in [3.8, 4) is 0 Å². The number of furan rings is 1. The Bertz CT molecular complexity index is 1050. The van der Waals surface area contributed by atoms with Crippen LogP contribution in [0.1, 0.15) is 12.2 Å². The molecular formula is C20H20N4O2. The van der Waals surface area contributed by atoms with Gasteiger partial charge in [0.05, 0.1) is 11.9 Å². The minimum atomic E-state index is -0.168. The summed E-state index contributed by atoms with van der Waals surface area (Å²) in [6.45, 7) is 2.32. The van der Waals surface area contributed by atoms with Crippen molar-refractivity contribution in [2.75, 3.05) is 18.4 Å². The fraction of sp³-hybridized carbons (Fsp3) is 0.200. The maximum Gasteiger partial charge on any atom is 0.272 e. The highest BCUT2D eigenvalue weighted by Gasteiger charge is 2.05. The molecule has 0 bridgehead atoms. The molecule has 3 N–H and O–H groups in total. The van der Waals surface area contributed by atoms with Crippen LogP contribution in [0, 0.1) is 0 Å². The van der Waals surface area contributed by atoms with Crippen molar-refractivity contribution in [2.24, 2.45) is 0 Å². The first-order valence-electron chi connectivity index (χ1n) is 8.71. The maximum atomic E-state index is 11.8. The van der Waals surface area contributed by atoms with E-state index in [1.807, 2.05) is 42.5 Å². The summed E-state index contributed by atoms with van der Waals surface area (Å²) in [5.41, 5.74) is 0.751. The molecule has 2 aromatic heterocycles. The lowest BCUT2D eigenvalue weighted by Crippen LogP contribution is -2.18. The second-order valence-electron chi connectivity index (χ2n) is 6.15. The van der Waals surface area contributed by atoms with Crippen LogP contribution >= 0.6 is 0 Å². The van der Waals surface area contributed by atoms with Crippen LogP contribution in [-0.2, 0) is 6.54 Å². The van der Waals surface area contributed by atoms with Crippen LogP contribution in [0.4, 0.5) is 5.82 Å². The molecule has 26 heavy (non-hydrogen) atoms. The summed E-state index contributed by atoms with van der Waals surface area (Å²) in [4.78, 5) is 11.8. The van der Waals surface area contributed by atoms with E-state index in [-0.39, 0.29) is 5.56 Å². The molecule has 6 nitrogen and oxygen atoms in total. The van der Waals surface area contributed by atoms with Crippen LogP contribution in [0.15, 0.2) is 63.8 Å². The van der Waals surface area contributed by atoms with E-state index < -0.39 is 0 Å². The molecule has 0 saturated heterocycles.